The zero-order valence-electron chi connectivity index (χ0n) is 14.8. The molecule has 132 valence electrons. The van der Waals surface area contributed by atoms with Crippen LogP contribution in [-0.2, 0) is 12.8 Å². The van der Waals surface area contributed by atoms with Crippen molar-refractivity contribution in [3.05, 3.63) is 47.5 Å². The summed E-state index contributed by atoms with van der Waals surface area (Å²) in [6.07, 6.45) is 5.11. The van der Waals surface area contributed by atoms with Gasteiger partial charge in [0.15, 0.2) is 0 Å². The van der Waals surface area contributed by atoms with Crippen molar-refractivity contribution >= 4 is 0 Å². The van der Waals surface area contributed by atoms with E-state index < -0.39 is 0 Å². The minimum Gasteiger partial charge on any atom is -0.497 e. The van der Waals surface area contributed by atoms with Gasteiger partial charge in [-0.1, -0.05) is 12.1 Å². The second-order valence-corrected chi connectivity index (χ2v) is 6.77. The summed E-state index contributed by atoms with van der Waals surface area (Å²) < 4.78 is 23.6. The Morgan fingerprint density at radius 3 is 1.68 bits per heavy atom. The van der Waals surface area contributed by atoms with Crippen LogP contribution in [-0.4, -0.2) is 26.4 Å². The van der Waals surface area contributed by atoms with Crippen LogP contribution in [0.1, 0.15) is 30.4 Å². The summed E-state index contributed by atoms with van der Waals surface area (Å²) in [6, 6.07) is 12.2. The molecule has 0 saturated heterocycles. The van der Waals surface area contributed by atoms with Crippen LogP contribution in [0.4, 0.5) is 0 Å². The fourth-order valence-electron chi connectivity index (χ4n) is 3.71. The summed E-state index contributed by atoms with van der Waals surface area (Å²) in [5, 5.41) is 0. The standard InChI is InChI=1S/C21H24O4/c1-22-16-8-6-14-10-19-5-3-4-18(24-20(14)12-16)11-15-7-9-17(23-2)13-21(15)25-19/h6-9,12-13,18-19H,3-5,10-11H2,1-2H3. The Balaban J connectivity index is 1.74. The number of methoxy groups -OCH3 is 2. The molecule has 2 aliphatic rings. The molecule has 0 spiro atoms. The lowest BCUT2D eigenvalue weighted by atomic mass is 10.0. The molecule has 2 bridgehead atoms. The Kier molecular flexibility index (Phi) is 4.43. The second kappa shape index (κ2) is 6.87. The minimum atomic E-state index is 0.137. The zero-order chi connectivity index (χ0) is 17.2. The molecule has 0 saturated carbocycles. The second-order valence-electron chi connectivity index (χ2n) is 6.77. The first kappa shape index (κ1) is 16.1. The average Bonchev–Trinajstić information content (AvgIpc) is 2.76. The normalized spacial score (nSPS) is 21.8. The lowest BCUT2D eigenvalue weighted by molar-refractivity contribution is 0.187. The topological polar surface area (TPSA) is 36.9 Å². The highest BCUT2D eigenvalue weighted by atomic mass is 16.5. The van der Waals surface area contributed by atoms with E-state index in [9.17, 15) is 0 Å². The van der Waals surface area contributed by atoms with Crippen LogP contribution in [0.3, 0.4) is 0 Å². The molecular weight excluding hydrogens is 316 g/mol. The molecule has 2 heterocycles. The largest absolute Gasteiger partial charge is 0.497 e. The number of fused-ring (bicyclic) bond motifs is 6. The molecule has 0 amide bonds. The average molecular weight is 340 g/mol. The van der Waals surface area contributed by atoms with Gasteiger partial charge in [-0.2, -0.15) is 0 Å². The van der Waals surface area contributed by atoms with Crippen LogP contribution >= 0.6 is 0 Å². The van der Waals surface area contributed by atoms with Crippen molar-refractivity contribution in [2.75, 3.05) is 14.2 Å². The fourth-order valence-corrected chi connectivity index (χ4v) is 3.71. The molecule has 25 heavy (non-hydrogen) atoms. The molecule has 2 unspecified atom stereocenters. The molecule has 2 aromatic rings. The van der Waals surface area contributed by atoms with Crippen LogP contribution in [0.2, 0.25) is 0 Å². The van der Waals surface area contributed by atoms with E-state index in [-0.39, 0.29) is 12.2 Å². The first-order valence-electron chi connectivity index (χ1n) is 8.92. The Morgan fingerprint density at radius 2 is 1.24 bits per heavy atom. The van der Waals surface area contributed by atoms with Gasteiger partial charge in [0.2, 0.25) is 0 Å². The van der Waals surface area contributed by atoms with E-state index in [1.54, 1.807) is 14.2 Å². The molecule has 4 nitrogen and oxygen atoms in total. The van der Waals surface area contributed by atoms with Crippen LogP contribution in [0, 0.1) is 0 Å². The molecule has 4 heteroatoms. The maximum atomic E-state index is 6.43. The molecule has 4 rings (SSSR count). The van der Waals surface area contributed by atoms with E-state index in [0.29, 0.717) is 0 Å². The van der Waals surface area contributed by atoms with Crippen molar-refractivity contribution in [1.29, 1.82) is 0 Å². The van der Waals surface area contributed by atoms with Crippen molar-refractivity contribution in [2.24, 2.45) is 0 Å². The molecule has 2 atom stereocenters. The molecule has 0 radical (unpaired) electrons. The van der Waals surface area contributed by atoms with Gasteiger partial charge in [-0.15, -0.1) is 0 Å². The number of hydrogen-bond acceptors (Lipinski definition) is 4. The quantitative estimate of drug-likeness (QED) is 0.822. The third kappa shape index (κ3) is 3.39. The summed E-state index contributed by atoms with van der Waals surface area (Å²) in [7, 11) is 3.38. The highest BCUT2D eigenvalue weighted by Crippen LogP contribution is 2.36. The van der Waals surface area contributed by atoms with Crippen LogP contribution in [0.5, 0.6) is 23.0 Å². The summed E-state index contributed by atoms with van der Waals surface area (Å²) in [6.45, 7) is 0. The van der Waals surface area contributed by atoms with Gasteiger partial charge in [0.05, 0.1) is 14.2 Å². The number of ether oxygens (including phenoxy) is 4. The third-order valence-corrected chi connectivity index (χ3v) is 5.08. The molecular formula is C21H24O4. The summed E-state index contributed by atoms with van der Waals surface area (Å²) >= 11 is 0. The van der Waals surface area contributed by atoms with E-state index in [4.69, 9.17) is 18.9 Å². The minimum absolute atomic E-state index is 0.137. The van der Waals surface area contributed by atoms with Crippen LogP contribution < -0.4 is 18.9 Å². The Bertz CT molecular complexity index is 692. The summed E-state index contributed by atoms with van der Waals surface area (Å²) in [5.74, 6) is 3.52. The van der Waals surface area contributed by atoms with Gasteiger partial charge in [-0.3, -0.25) is 0 Å². The van der Waals surface area contributed by atoms with Crippen molar-refractivity contribution in [1.82, 2.24) is 0 Å². The van der Waals surface area contributed by atoms with E-state index in [2.05, 4.69) is 12.1 Å². The molecule has 0 aliphatic carbocycles. The van der Waals surface area contributed by atoms with Crippen LogP contribution in [0.15, 0.2) is 36.4 Å². The molecule has 2 aliphatic heterocycles. The highest BCUT2D eigenvalue weighted by molar-refractivity contribution is 5.44. The maximum Gasteiger partial charge on any atom is 0.126 e. The maximum absolute atomic E-state index is 6.43. The Labute approximate surface area is 148 Å². The van der Waals surface area contributed by atoms with Crippen molar-refractivity contribution in [2.45, 2.75) is 44.3 Å². The van der Waals surface area contributed by atoms with Gasteiger partial charge in [0.1, 0.15) is 35.2 Å². The van der Waals surface area contributed by atoms with E-state index in [1.165, 1.54) is 11.1 Å². The third-order valence-electron chi connectivity index (χ3n) is 5.08. The van der Waals surface area contributed by atoms with Gasteiger partial charge in [0, 0.05) is 25.0 Å². The molecule has 0 fully saturated rings. The van der Waals surface area contributed by atoms with Crippen molar-refractivity contribution < 1.29 is 18.9 Å². The summed E-state index contributed by atoms with van der Waals surface area (Å²) in [5.41, 5.74) is 2.37. The predicted octanol–water partition coefficient (Wildman–Crippen LogP) is 4.18. The van der Waals surface area contributed by atoms with Gasteiger partial charge in [-0.25, -0.2) is 0 Å². The number of hydrogen-bond donors (Lipinski definition) is 0. The lowest BCUT2D eigenvalue weighted by Gasteiger charge is -2.25. The van der Waals surface area contributed by atoms with Gasteiger partial charge in [0.25, 0.3) is 0 Å². The Hall–Kier alpha value is -2.36. The summed E-state index contributed by atoms with van der Waals surface area (Å²) in [4.78, 5) is 0. The van der Waals surface area contributed by atoms with Gasteiger partial charge >= 0.3 is 0 Å². The zero-order valence-corrected chi connectivity index (χ0v) is 14.8. The molecule has 2 aromatic carbocycles. The number of rotatable bonds is 2. The molecule has 0 N–H and O–H groups in total. The van der Waals surface area contributed by atoms with E-state index in [1.807, 2.05) is 24.3 Å². The predicted molar refractivity (Wildman–Crippen MR) is 96.1 cm³/mol. The van der Waals surface area contributed by atoms with Crippen molar-refractivity contribution in [3.8, 4) is 23.0 Å². The smallest absolute Gasteiger partial charge is 0.126 e. The SMILES string of the molecule is COc1ccc2c(c1)OC1CCCC(C2)Oc2cc(OC)ccc2C1. The Morgan fingerprint density at radius 1 is 0.760 bits per heavy atom. The first-order valence-corrected chi connectivity index (χ1v) is 8.92. The van der Waals surface area contributed by atoms with E-state index >= 15 is 0 Å². The first-order chi connectivity index (χ1) is 12.2. The highest BCUT2D eigenvalue weighted by Gasteiger charge is 2.26. The van der Waals surface area contributed by atoms with Crippen molar-refractivity contribution in [3.63, 3.8) is 0 Å². The molecule has 0 aromatic heterocycles. The van der Waals surface area contributed by atoms with E-state index in [0.717, 1.165) is 55.1 Å². The van der Waals surface area contributed by atoms with Gasteiger partial charge < -0.3 is 18.9 Å². The monoisotopic (exact) mass is 340 g/mol. The fraction of sp³-hybridized carbons (Fsp3) is 0.429. The van der Waals surface area contributed by atoms with Crippen LogP contribution in [0.25, 0.3) is 0 Å². The lowest BCUT2D eigenvalue weighted by Crippen LogP contribution is -2.22. The number of benzene rings is 2. The van der Waals surface area contributed by atoms with Gasteiger partial charge in [-0.05, 0) is 42.5 Å².